The Bertz CT molecular complexity index is 772. The Kier molecular flexibility index (Phi) is 12.3. The van der Waals surface area contributed by atoms with Gasteiger partial charge in [-0.1, -0.05) is 11.6 Å². The zero-order valence-electron chi connectivity index (χ0n) is 15.3. The fourth-order valence-electron chi connectivity index (χ4n) is 2.28. The monoisotopic (exact) mass is 468 g/mol. The van der Waals surface area contributed by atoms with Crippen molar-refractivity contribution in [1.29, 1.82) is 0 Å². The highest BCUT2D eigenvalue weighted by atomic mass is 35.5. The predicted octanol–water partition coefficient (Wildman–Crippen LogP) is 2.50. The number of hydrogen-bond donors (Lipinski definition) is 4. The third-order valence-corrected chi connectivity index (χ3v) is 5.15. The topological polar surface area (TPSA) is 103 Å². The summed E-state index contributed by atoms with van der Waals surface area (Å²) in [5.41, 5.74) is 1.30. The Balaban J connectivity index is 0.00000364. The first-order chi connectivity index (χ1) is 12.4. The number of benzene rings is 1. The lowest BCUT2D eigenvalue weighted by molar-refractivity contribution is -0.136. The van der Waals surface area contributed by atoms with Gasteiger partial charge in [-0.25, -0.2) is 4.98 Å². The van der Waals surface area contributed by atoms with Crippen LogP contribution in [0, 0.1) is 6.92 Å². The number of halogens is 3. The van der Waals surface area contributed by atoms with Crippen molar-refractivity contribution >= 4 is 65.3 Å². The second-order valence-electron chi connectivity index (χ2n) is 5.58. The highest BCUT2D eigenvalue weighted by Crippen LogP contribution is 2.24. The van der Waals surface area contributed by atoms with E-state index in [4.69, 9.17) is 16.7 Å². The maximum Gasteiger partial charge on any atom is 0.313 e. The van der Waals surface area contributed by atoms with Crippen LogP contribution < -0.4 is 16.0 Å². The fourth-order valence-corrected chi connectivity index (χ4v) is 3.51. The summed E-state index contributed by atoms with van der Waals surface area (Å²) in [6.07, 6.45) is 0.515. The molecule has 11 heteroatoms. The standard InChI is InChI=1S/C17H21ClN4O3S.2ClH/c1-10-14(7-8-23)26-17(20-10)13(9-19-2)22-16(25)15(24)21-12-5-3-11(18)4-6-12;;/h3-6,13,19,23H,7-9H2,1-2H3,(H,21,24)(H,22,25);2*1H. The summed E-state index contributed by atoms with van der Waals surface area (Å²) in [4.78, 5) is 29.8. The van der Waals surface area contributed by atoms with Crippen LogP contribution in [0.15, 0.2) is 24.3 Å². The van der Waals surface area contributed by atoms with Gasteiger partial charge < -0.3 is 21.1 Å². The molecule has 1 heterocycles. The number of carbonyl (C=O) groups excluding carboxylic acids is 2. The van der Waals surface area contributed by atoms with Gasteiger partial charge in [0.25, 0.3) is 0 Å². The first kappa shape index (κ1) is 26.6. The average Bonchev–Trinajstić information content (AvgIpc) is 2.97. The molecule has 1 unspecified atom stereocenters. The van der Waals surface area contributed by atoms with Crippen LogP contribution in [0.2, 0.25) is 5.02 Å². The molecule has 4 N–H and O–H groups in total. The molecule has 0 saturated heterocycles. The average molecular weight is 470 g/mol. The molecule has 2 rings (SSSR count). The highest BCUT2D eigenvalue weighted by Gasteiger charge is 2.23. The summed E-state index contributed by atoms with van der Waals surface area (Å²) in [7, 11) is 1.75. The normalized spacial score (nSPS) is 11.0. The first-order valence-corrected chi connectivity index (χ1v) is 9.23. The van der Waals surface area contributed by atoms with Crippen molar-refractivity contribution in [3.8, 4) is 0 Å². The van der Waals surface area contributed by atoms with Gasteiger partial charge in [-0.05, 0) is 38.2 Å². The zero-order chi connectivity index (χ0) is 19.1. The number of anilines is 1. The predicted molar refractivity (Wildman–Crippen MR) is 117 cm³/mol. The second kappa shape index (κ2) is 12.9. The van der Waals surface area contributed by atoms with E-state index in [1.807, 2.05) is 6.92 Å². The molecule has 1 aromatic heterocycles. The molecule has 2 aromatic rings. The van der Waals surface area contributed by atoms with Crippen molar-refractivity contribution in [2.24, 2.45) is 0 Å². The number of carbonyl (C=O) groups is 2. The molecule has 1 atom stereocenters. The van der Waals surface area contributed by atoms with Crippen molar-refractivity contribution in [2.75, 3.05) is 25.5 Å². The molecule has 0 aliphatic carbocycles. The highest BCUT2D eigenvalue weighted by molar-refractivity contribution is 7.11. The molecule has 0 aliphatic rings. The molecule has 0 radical (unpaired) electrons. The Morgan fingerprint density at radius 2 is 1.86 bits per heavy atom. The van der Waals surface area contributed by atoms with Crippen molar-refractivity contribution in [3.63, 3.8) is 0 Å². The lowest BCUT2D eigenvalue weighted by atomic mass is 10.2. The molecule has 28 heavy (non-hydrogen) atoms. The van der Waals surface area contributed by atoms with Gasteiger partial charge in [0, 0.05) is 35.2 Å². The summed E-state index contributed by atoms with van der Waals surface area (Å²) < 4.78 is 0. The number of aliphatic hydroxyl groups excluding tert-OH is 1. The lowest BCUT2D eigenvalue weighted by Gasteiger charge is -2.16. The van der Waals surface area contributed by atoms with Crippen molar-refractivity contribution in [2.45, 2.75) is 19.4 Å². The van der Waals surface area contributed by atoms with Crippen LogP contribution in [0.1, 0.15) is 21.6 Å². The van der Waals surface area contributed by atoms with Gasteiger partial charge in [0.05, 0.1) is 11.7 Å². The fraction of sp³-hybridized carbons (Fsp3) is 0.353. The van der Waals surface area contributed by atoms with Crippen LogP contribution in [0.4, 0.5) is 5.69 Å². The van der Waals surface area contributed by atoms with Gasteiger partial charge in [-0.3, -0.25) is 9.59 Å². The van der Waals surface area contributed by atoms with E-state index < -0.39 is 17.9 Å². The molecule has 0 aliphatic heterocycles. The minimum atomic E-state index is -0.766. The SMILES string of the molecule is CNCC(NC(=O)C(=O)Nc1ccc(Cl)cc1)c1nc(C)c(CCO)s1.Cl.Cl. The molecule has 2 amide bonds. The van der Waals surface area contributed by atoms with E-state index in [0.29, 0.717) is 28.7 Å². The third-order valence-electron chi connectivity index (χ3n) is 3.57. The van der Waals surface area contributed by atoms with Gasteiger partial charge in [0.2, 0.25) is 0 Å². The molecular weight excluding hydrogens is 447 g/mol. The molecular formula is C17H23Cl3N4O3S. The molecule has 0 spiro atoms. The number of hydrogen-bond acceptors (Lipinski definition) is 6. The van der Waals surface area contributed by atoms with Gasteiger partial charge in [-0.15, -0.1) is 36.2 Å². The van der Waals surface area contributed by atoms with E-state index in [9.17, 15) is 9.59 Å². The third kappa shape index (κ3) is 7.54. The maximum atomic E-state index is 12.3. The second-order valence-corrected chi connectivity index (χ2v) is 7.13. The number of aromatic nitrogens is 1. The number of amides is 2. The Morgan fingerprint density at radius 3 is 2.43 bits per heavy atom. The number of aliphatic hydroxyl groups is 1. The minimum absolute atomic E-state index is 0. The number of nitrogens with one attached hydrogen (secondary N) is 3. The summed E-state index contributed by atoms with van der Waals surface area (Å²) in [5, 5.41) is 18.5. The lowest BCUT2D eigenvalue weighted by Crippen LogP contribution is -2.40. The number of nitrogens with zero attached hydrogens (tertiary/aromatic N) is 1. The van der Waals surface area contributed by atoms with Crippen LogP contribution in [0.25, 0.3) is 0 Å². The quantitative estimate of drug-likeness (QED) is 0.467. The van der Waals surface area contributed by atoms with E-state index >= 15 is 0 Å². The van der Waals surface area contributed by atoms with Gasteiger partial charge >= 0.3 is 11.8 Å². The number of aryl methyl sites for hydroxylation is 1. The summed E-state index contributed by atoms with van der Waals surface area (Å²) >= 11 is 7.22. The molecule has 0 bridgehead atoms. The summed E-state index contributed by atoms with van der Waals surface area (Å²) in [5.74, 6) is -1.52. The summed E-state index contributed by atoms with van der Waals surface area (Å²) in [6, 6.07) is 6.04. The smallest absolute Gasteiger partial charge is 0.313 e. The van der Waals surface area contributed by atoms with Gasteiger partial charge in [0.1, 0.15) is 5.01 Å². The van der Waals surface area contributed by atoms with E-state index in [-0.39, 0.29) is 31.4 Å². The van der Waals surface area contributed by atoms with Gasteiger partial charge in [-0.2, -0.15) is 0 Å². The number of rotatable bonds is 7. The van der Waals surface area contributed by atoms with Crippen LogP contribution in [-0.2, 0) is 16.0 Å². The number of likely N-dealkylation sites (N-methyl/N-ethyl adjacent to an activating group) is 1. The van der Waals surface area contributed by atoms with Crippen LogP contribution in [0.3, 0.4) is 0 Å². The Morgan fingerprint density at radius 1 is 1.21 bits per heavy atom. The molecule has 1 aromatic carbocycles. The van der Waals surface area contributed by atoms with E-state index in [0.717, 1.165) is 10.6 Å². The Labute approximate surface area is 185 Å². The van der Waals surface area contributed by atoms with E-state index in [1.54, 1.807) is 31.3 Å². The first-order valence-electron chi connectivity index (χ1n) is 8.03. The van der Waals surface area contributed by atoms with Crippen molar-refractivity contribution < 1.29 is 14.7 Å². The largest absolute Gasteiger partial charge is 0.396 e. The molecule has 0 saturated carbocycles. The van der Waals surface area contributed by atoms with Crippen LogP contribution in [0.5, 0.6) is 0 Å². The van der Waals surface area contributed by atoms with Crippen LogP contribution >= 0.6 is 47.8 Å². The summed E-state index contributed by atoms with van der Waals surface area (Å²) in [6.45, 7) is 2.32. The van der Waals surface area contributed by atoms with Gasteiger partial charge in [0.15, 0.2) is 0 Å². The van der Waals surface area contributed by atoms with Crippen molar-refractivity contribution in [3.05, 3.63) is 44.9 Å². The molecule has 156 valence electrons. The zero-order valence-corrected chi connectivity index (χ0v) is 18.5. The minimum Gasteiger partial charge on any atom is -0.396 e. The van der Waals surface area contributed by atoms with E-state index in [2.05, 4.69) is 20.9 Å². The molecule has 7 nitrogen and oxygen atoms in total. The van der Waals surface area contributed by atoms with Crippen molar-refractivity contribution in [1.82, 2.24) is 15.6 Å². The molecule has 0 fully saturated rings. The maximum absolute atomic E-state index is 12.3. The van der Waals surface area contributed by atoms with Crippen LogP contribution in [-0.4, -0.2) is 42.1 Å². The Hall–Kier alpha value is -1.42. The number of thiazole rings is 1. The van der Waals surface area contributed by atoms with E-state index in [1.165, 1.54) is 11.3 Å².